The molecule has 0 spiro atoms. The minimum absolute atomic E-state index is 0.149. The maximum atomic E-state index is 11.1. The molecule has 0 fully saturated rings. The molecule has 0 aliphatic carbocycles. The van der Waals surface area contributed by atoms with Crippen LogP contribution in [0.3, 0.4) is 0 Å². The van der Waals surface area contributed by atoms with Crippen LogP contribution < -0.4 is 5.76 Å². The van der Waals surface area contributed by atoms with Crippen molar-refractivity contribution in [3.63, 3.8) is 0 Å². The van der Waals surface area contributed by atoms with Crippen LogP contribution in [0.1, 0.15) is 11.3 Å². The maximum absolute atomic E-state index is 11.1. The molecule has 2 aromatic heterocycles. The number of aromatic amines is 1. The third-order valence-corrected chi connectivity index (χ3v) is 2.97. The highest BCUT2D eigenvalue weighted by Gasteiger charge is 2.15. The van der Waals surface area contributed by atoms with Gasteiger partial charge in [0.05, 0.1) is 12.1 Å². The van der Waals surface area contributed by atoms with E-state index in [1.807, 2.05) is 0 Å². The zero-order valence-corrected chi connectivity index (χ0v) is 10.5. The van der Waals surface area contributed by atoms with Crippen molar-refractivity contribution in [1.29, 1.82) is 0 Å². The first kappa shape index (κ1) is 12.1. The third kappa shape index (κ3) is 1.94. The Morgan fingerprint density at radius 1 is 1.50 bits per heavy atom. The molecule has 1 N–H and O–H groups in total. The lowest BCUT2D eigenvalue weighted by Gasteiger charge is -1.99. The van der Waals surface area contributed by atoms with Gasteiger partial charge >= 0.3 is 5.76 Å². The summed E-state index contributed by atoms with van der Waals surface area (Å²) in [5, 5.41) is 7.49. The molecule has 1 aromatic carbocycles. The molecule has 0 saturated heterocycles. The average Bonchev–Trinajstić information content (AvgIpc) is 2.97. The monoisotopic (exact) mass is 271 g/mol. The van der Waals surface area contributed by atoms with Crippen molar-refractivity contribution < 1.29 is 8.94 Å². The summed E-state index contributed by atoms with van der Waals surface area (Å²) in [5.41, 5.74) is 11.5. The molecule has 100 valence electrons. The first-order valence-electron chi connectivity index (χ1n) is 5.78. The van der Waals surface area contributed by atoms with Crippen LogP contribution in [0, 0.1) is 6.92 Å². The first-order chi connectivity index (χ1) is 9.69. The highest BCUT2D eigenvalue weighted by Crippen LogP contribution is 2.28. The van der Waals surface area contributed by atoms with E-state index in [0.29, 0.717) is 28.1 Å². The number of aryl methyl sites for hydroxylation is 1. The molecule has 2 heterocycles. The molecule has 0 saturated carbocycles. The predicted octanol–water partition coefficient (Wildman–Crippen LogP) is 2.89. The molecule has 0 aliphatic rings. The molecule has 0 atom stereocenters. The molecular formula is C12H9N5O3. The molecule has 8 heteroatoms. The van der Waals surface area contributed by atoms with E-state index in [1.165, 1.54) is 0 Å². The Morgan fingerprint density at radius 3 is 3.15 bits per heavy atom. The summed E-state index contributed by atoms with van der Waals surface area (Å²) in [6.45, 7) is 1.89. The molecule has 20 heavy (non-hydrogen) atoms. The Hall–Kier alpha value is -2.99. The zero-order valence-electron chi connectivity index (χ0n) is 10.5. The van der Waals surface area contributed by atoms with E-state index in [1.54, 1.807) is 25.1 Å². The second-order valence-corrected chi connectivity index (χ2v) is 4.18. The van der Waals surface area contributed by atoms with Gasteiger partial charge in [0, 0.05) is 16.0 Å². The van der Waals surface area contributed by atoms with Gasteiger partial charge in [-0.3, -0.25) is 4.98 Å². The van der Waals surface area contributed by atoms with Crippen LogP contribution in [0.2, 0.25) is 0 Å². The largest absolute Gasteiger partial charge is 0.417 e. The van der Waals surface area contributed by atoms with Crippen LogP contribution in [0.4, 0.5) is 0 Å². The highest BCUT2D eigenvalue weighted by molar-refractivity contribution is 5.79. The Morgan fingerprint density at radius 2 is 2.35 bits per heavy atom. The van der Waals surface area contributed by atoms with Gasteiger partial charge in [-0.1, -0.05) is 16.3 Å². The van der Waals surface area contributed by atoms with Gasteiger partial charge in [0.25, 0.3) is 0 Å². The van der Waals surface area contributed by atoms with E-state index in [9.17, 15) is 4.79 Å². The number of H-pyrrole nitrogens is 1. The van der Waals surface area contributed by atoms with Crippen LogP contribution in [0.25, 0.3) is 32.8 Å². The molecule has 3 rings (SSSR count). The fourth-order valence-electron chi connectivity index (χ4n) is 2.00. The van der Waals surface area contributed by atoms with Crippen molar-refractivity contribution in [2.75, 3.05) is 0 Å². The van der Waals surface area contributed by atoms with Gasteiger partial charge in [-0.05, 0) is 24.6 Å². The maximum Gasteiger partial charge on any atom is 0.417 e. The average molecular weight is 271 g/mol. The van der Waals surface area contributed by atoms with Crippen LogP contribution >= 0.6 is 0 Å². The molecule has 0 bridgehead atoms. The molecule has 0 unspecified atom stereocenters. The number of nitrogens with zero attached hydrogens (tertiary/aromatic N) is 4. The van der Waals surface area contributed by atoms with Crippen molar-refractivity contribution in [3.05, 3.63) is 50.5 Å². The number of nitrogens with one attached hydrogen (secondary N) is 1. The topological polar surface area (TPSA) is 121 Å². The van der Waals surface area contributed by atoms with Gasteiger partial charge in [0.1, 0.15) is 11.5 Å². The molecule has 0 radical (unpaired) electrons. The van der Waals surface area contributed by atoms with E-state index in [4.69, 9.17) is 14.5 Å². The molecule has 8 nitrogen and oxygen atoms in total. The SMILES string of the molecule is Cc1onc(-c2ccc3[nH]c(=O)oc3c2)c1CN=[N+]=[N-]. The first-order valence-corrected chi connectivity index (χ1v) is 5.78. The van der Waals surface area contributed by atoms with Crippen molar-refractivity contribution in [1.82, 2.24) is 10.1 Å². The van der Waals surface area contributed by atoms with Gasteiger partial charge < -0.3 is 8.94 Å². The number of aromatic nitrogens is 2. The standard InChI is InChI=1S/C12H9N5O3/c1-6-8(5-14-17-13)11(16-20-6)7-2-3-9-10(4-7)19-12(18)15-9/h2-4H,5H2,1H3,(H,15,18). The number of azide groups is 1. The second-order valence-electron chi connectivity index (χ2n) is 4.18. The van der Waals surface area contributed by atoms with E-state index >= 15 is 0 Å². The summed E-state index contributed by atoms with van der Waals surface area (Å²) in [4.78, 5) is 16.4. The minimum atomic E-state index is -0.511. The molecular weight excluding hydrogens is 262 g/mol. The lowest BCUT2D eigenvalue weighted by atomic mass is 10.1. The fourth-order valence-corrected chi connectivity index (χ4v) is 2.00. The predicted molar refractivity (Wildman–Crippen MR) is 69.9 cm³/mol. The van der Waals surface area contributed by atoms with Gasteiger partial charge in [-0.15, -0.1) is 0 Å². The van der Waals surface area contributed by atoms with Crippen LogP contribution in [0.5, 0.6) is 0 Å². The smallest absolute Gasteiger partial charge is 0.408 e. The van der Waals surface area contributed by atoms with E-state index < -0.39 is 5.76 Å². The molecule has 3 aromatic rings. The van der Waals surface area contributed by atoms with Crippen molar-refractivity contribution in [3.8, 4) is 11.3 Å². The Labute approximate surface area is 111 Å². The van der Waals surface area contributed by atoms with Crippen molar-refractivity contribution in [2.45, 2.75) is 13.5 Å². The van der Waals surface area contributed by atoms with Gasteiger partial charge in [-0.2, -0.15) is 0 Å². The van der Waals surface area contributed by atoms with Gasteiger partial charge in [-0.25, -0.2) is 4.79 Å². The van der Waals surface area contributed by atoms with Crippen molar-refractivity contribution in [2.24, 2.45) is 5.11 Å². The fraction of sp³-hybridized carbons (Fsp3) is 0.167. The Balaban J connectivity index is 2.14. The number of hydrogen-bond donors (Lipinski definition) is 1. The summed E-state index contributed by atoms with van der Waals surface area (Å²) >= 11 is 0. The highest BCUT2D eigenvalue weighted by atomic mass is 16.5. The summed E-state index contributed by atoms with van der Waals surface area (Å²) < 4.78 is 10.1. The summed E-state index contributed by atoms with van der Waals surface area (Å²) in [6, 6.07) is 5.19. The molecule has 0 amide bonds. The van der Waals surface area contributed by atoms with E-state index in [0.717, 1.165) is 5.56 Å². The van der Waals surface area contributed by atoms with E-state index in [-0.39, 0.29) is 6.54 Å². The van der Waals surface area contributed by atoms with Gasteiger partial charge in [0.15, 0.2) is 5.58 Å². The van der Waals surface area contributed by atoms with Crippen LogP contribution in [-0.2, 0) is 6.54 Å². The summed E-state index contributed by atoms with van der Waals surface area (Å²) in [7, 11) is 0. The number of fused-ring (bicyclic) bond motifs is 1. The van der Waals surface area contributed by atoms with Gasteiger partial charge in [0.2, 0.25) is 0 Å². The van der Waals surface area contributed by atoms with Crippen LogP contribution in [0.15, 0.2) is 37.0 Å². The van der Waals surface area contributed by atoms with Crippen LogP contribution in [-0.4, -0.2) is 10.1 Å². The van der Waals surface area contributed by atoms with E-state index in [2.05, 4.69) is 20.2 Å². The summed E-state index contributed by atoms with van der Waals surface area (Å²) in [5.74, 6) is 0.0748. The third-order valence-electron chi connectivity index (χ3n) is 2.97. The Bertz CT molecular complexity index is 882. The second kappa shape index (κ2) is 4.60. The zero-order chi connectivity index (χ0) is 14.1. The summed E-state index contributed by atoms with van der Waals surface area (Å²) in [6.07, 6.45) is 0. The lowest BCUT2D eigenvalue weighted by Crippen LogP contribution is -1.92. The number of rotatable bonds is 3. The lowest BCUT2D eigenvalue weighted by molar-refractivity contribution is 0.398. The molecule has 0 aliphatic heterocycles. The Kier molecular flexibility index (Phi) is 2.77. The normalized spacial score (nSPS) is 10.7. The number of hydrogen-bond acceptors (Lipinski definition) is 5. The van der Waals surface area contributed by atoms with Crippen molar-refractivity contribution >= 4 is 11.1 Å². The minimum Gasteiger partial charge on any atom is -0.408 e. The number of benzene rings is 1. The number of oxazole rings is 1. The quantitative estimate of drug-likeness (QED) is 0.447.